The predicted molar refractivity (Wildman–Crippen MR) is 145 cm³/mol. The van der Waals surface area contributed by atoms with Crippen LogP contribution in [0.15, 0.2) is 76.7 Å². The zero-order valence-corrected chi connectivity index (χ0v) is 20.9. The maximum Gasteiger partial charge on any atom is 0.262 e. The van der Waals surface area contributed by atoms with Crippen LogP contribution in [0, 0.1) is 5.92 Å². The number of nitrogens with one attached hydrogen (secondary N) is 1. The number of anilines is 1. The molecule has 6 nitrogen and oxygen atoms in total. The molecule has 178 valence electrons. The number of thioether (sulfide) groups is 1. The quantitative estimate of drug-likeness (QED) is 0.230. The Hall–Kier alpha value is -3.58. The number of hydrogen-bond donors (Lipinski definition) is 1. The van der Waals surface area contributed by atoms with Crippen molar-refractivity contribution in [3.05, 3.63) is 77.1 Å². The lowest BCUT2D eigenvalue weighted by molar-refractivity contribution is -0.113. The molecule has 0 unspecified atom stereocenters. The van der Waals surface area contributed by atoms with E-state index in [-0.39, 0.29) is 23.1 Å². The highest BCUT2D eigenvalue weighted by molar-refractivity contribution is 7.99. The number of hydrogen-bond acceptors (Lipinski definition) is 4. The second kappa shape index (κ2) is 9.58. The molecule has 0 aliphatic carbocycles. The van der Waals surface area contributed by atoms with E-state index in [9.17, 15) is 9.59 Å². The van der Waals surface area contributed by atoms with Crippen molar-refractivity contribution < 1.29 is 4.79 Å². The molecule has 5 rings (SSSR count). The number of benzene rings is 3. The molecule has 3 aromatic carbocycles. The van der Waals surface area contributed by atoms with E-state index < -0.39 is 0 Å². The summed E-state index contributed by atoms with van der Waals surface area (Å²) in [6.45, 7) is 7.70. The molecule has 2 heterocycles. The Morgan fingerprint density at radius 1 is 0.943 bits per heavy atom. The van der Waals surface area contributed by atoms with Crippen LogP contribution in [0.5, 0.6) is 0 Å². The number of rotatable bonds is 7. The number of nitrogens with zero attached hydrogens (tertiary/aromatic N) is 3. The Morgan fingerprint density at radius 3 is 2.43 bits per heavy atom. The van der Waals surface area contributed by atoms with E-state index >= 15 is 0 Å². The molecule has 0 radical (unpaired) electrons. The standard InChI is InChI=1S/C28H28N4O2S/c1-4-31-24-12-8-6-9-20(24)22-15-19(13-14-25(22)31)29-26(33)17-35-28-30-23-11-7-5-10-21(23)27(34)32(28)16-18(2)3/h5-15,18H,4,16-17H2,1-3H3,(H,29,33). The van der Waals surface area contributed by atoms with Crippen LogP contribution in [0.2, 0.25) is 0 Å². The van der Waals surface area contributed by atoms with Gasteiger partial charge in [0.15, 0.2) is 5.16 Å². The zero-order valence-electron chi connectivity index (χ0n) is 20.1. The fraction of sp³-hybridized carbons (Fsp3) is 0.250. The monoisotopic (exact) mass is 484 g/mol. The Labute approximate surface area is 208 Å². The van der Waals surface area contributed by atoms with Crippen LogP contribution < -0.4 is 10.9 Å². The normalized spacial score (nSPS) is 11.7. The number of fused-ring (bicyclic) bond motifs is 4. The first-order chi connectivity index (χ1) is 17.0. The highest BCUT2D eigenvalue weighted by Gasteiger charge is 2.15. The third kappa shape index (κ3) is 4.44. The van der Waals surface area contributed by atoms with Crippen molar-refractivity contribution in [1.82, 2.24) is 14.1 Å². The van der Waals surface area contributed by atoms with Gasteiger partial charge in [-0.3, -0.25) is 14.2 Å². The number of aromatic nitrogens is 3. The van der Waals surface area contributed by atoms with Crippen molar-refractivity contribution >= 4 is 56.1 Å². The summed E-state index contributed by atoms with van der Waals surface area (Å²) in [5.74, 6) is 0.311. The van der Waals surface area contributed by atoms with Crippen molar-refractivity contribution in [3.8, 4) is 0 Å². The smallest absolute Gasteiger partial charge is 0.262 e. The third-order valence-corrected chi connectivity index (χ3v) is 7.06. The second-order valence-electron chi connectivity index (χ2n) is 9.05. The van der Waals surface area contributed by atoms with E-state index in [0.717, 1.165) is 23.1 Å². The molecular weight excluding hydrogens is 456 g/mol. The Kier molecular flexibility index (Phi) is 6.34. The zero-order chi connectivity index (χ0) is 24.5. The number of carbonyl (C=O) groups excluding carboxylic acids is 1. The van der Waals surface area contributed by atoms with Crippen LogP contribution in [0.25, 0.3) is 32.7 Å². The fourth-order valence-corrected chi connectivity index (χ4v) is 5.39. The van der Waals surface area contributed by atoms with Gasteiger partial charge in [-0.25, -0.2) is 4.98 Å². The van der Waals surface area contributed by atoms with E-state index in [1.165, 1.54) is 22.7 Å². The van der Waals surface area contributed by atoms with Gasteiger partial charge in [-0.2, -0.15) is 0 Å². The first kappa shape index (κ1) is 23.2. The van der Waals surface area contributed by atoms with Gasteiger partial charge in [0, 0.05) is 40.6 Å². The van der Waals surface area contributed by atoms with Crippen molar-refractivity contribution in [1.29, 1.82) is 0 Å². The van der Waals surface area contributed by atoms with Gasteiger partial charge in [0.25, 0.3) is 5.56 Å². The number of aryl methyl sites for hydroxylation is 1. The number of para-hydroxylation sites is 2. The lowest BCUT2D eigenvalue weighted by Gasteiger charge is -2.15. The van der Waals surface area contributed by atoms with Gasteiger partial charge >= 0.3 is 0 Å². The average molecular weight is 485 g/mol. The molecule has 0 saturated carbocycles. The van der Waals surface area contributed by atoms with Gasteiger partial charge in [-0.1, -0.05) is 55.9 Å². The summed E-state index contributed by atoms with van der Waals surface area (Å²) in [6, 6.07) is 21.7. The molecule has 7 heteroatoms. The second-order valence-corrected chi connectivity index (χ2v) is 9.99. The molecule has 5 aromatic rings. The topological polar surface area (TPSA) is 68.9 Å². The summed E-state index contributed by atoms with van der Waals surface area (Å²) in [4.78, 5) is 30.7. The molecule has 1 amide bonds. The molecule has 35 heavy (non-hydrogen) atoms. The van der Waals surface area contributed by atoms with Gasteiger partial charge in [-0.15, -0.1) is 0 Å². The molecule has 0 aliphatic rings. The Bertz CT molecular complexity index is 1620. The summed E-state index contributed by atoms with van der Waals surface area (Å²) in [7, 11) is 0. The van der Waals surface area contributed by atoms with Gasteiger partial charge < -0.3 is 9.88 Å². The Morgan fingerprint density at radius 2 is 1.66 bits per heavy atom. The number of amides is 1. The van der Waals surface area contributed by atoms with E-state index in [1.807, 2.05) is 42.5 Å². The van der Waals surface area contributed by atoms with Crippen LogP contribution in [0.1, 0.15) is 20.8 Å². The first-order valence-corrected chi connectivity index (χ1v) is 12.9. The number of carbonyl (C=O) groups is 1. The van der Waals surface area contributed by atoms with Crippen molar-refractivity contribution in [3.63, 3.8) is 0 Å². The molecule has 0 fully saturated rings. The van der Waals surface area contributed by atoms with Gasteiger partial charge in [-0.05, 0) is 49.2 Å². The summed E-state index contributed by atoms with van der Waals surface area (Å²) in [5, 5.41) is 6.49. The first-order valence-electron chi connectivity index (χ1n) is 11.9. The molecule has 0 saturated heterocycles. The van der Waals surface area contributed by atoms with Crippen LogP contribution in [-0.4, -0.2) is 25.8 Å². The fourth-order valence-electron chi connectivity index (χ4n) is 4.58. The lowest BCUT2D eigenvalue weighted by atomic mass is 10.1. The molecule has 0 spiro atoms. The highest BCUT2D eigenvalue weighted by atomic mass is 32.2. The van der Waals surface area contributed by atoms with Crippen LogP contribution >= 0.6 is 11.8 Å². The molecule has 0 atom stereocenters. The highest BCUT2D eigenvalue weighted by Crippen LogP contribution is 2.31. The summed E-state index contributed by atoms with van der Waals surface area (Å²) >= 11 is 1.30. The van der Waals surface area contributed by atoms with E-state index in [4.69, 9.17) is 4.98 Å². The van der Waals surface area contributed by atoms with Crippen molar-refractivity contribution in [2.24, 2.45) is 5.92 Å². The van der Waals surface area contributed by atoms with Gasteiger partial charge in [0.1, 0.15) is 0 Å². The summed E-state index contributed by atoms with van der Waals surface area (Å²) < 4.78 is 3.97. The molecule has 1 N–H and O–H groups in total. The minimum absolute atomic E-state index is 0.0648. The minimum Gasteiger partial charge on any atom is -0.341 e. The van der Waals surface area contributed by atoms with Crippen LogP contribution in [0.3, 0.4) is 0 Å². The van der Waals surface area contributed by atoms with Crippen LogP contribution in [-0.2, 0) is 17.9 Å². The lowest BCUT2D eigenvalue weighted by Crippen LogP contribution is -2.26. The Balaban J connectivity index is 1.39. The molecule has 2 aromatic heterocycles. The molecular formula is C28H28N4O2S. The SMILES string of the molecule is CCn1c2ccccc2c2cc(NC(=O)CSc3nc4ccccc4c(=O)n3CC(C)C)ccc21. The predicted octanol–water partition coefficient (Wildman–Crippen LogP) is 5.91. The van der Waals surface area contributed by atoms with E-state index in [0.29, 0.717) is 22.6 Å². The van der Waals surface area contributed by atoms with Gasteiger partial charge in [0.05, 0.1) is 16.7 Å². The molecule has 0 aliphatic heterocycles. The van der Waals surface area contributed by atoms with E-state index in [2.05, 4.69) is 48.9 Å². The van der Waals surface area contributed by atoms with Crippen molar-refractivity contribution in [2.75, 3.05) is 11.1 Å². The summed E-state index contributed by atoms with van der Waals surface area (Å²) in [5.41, 5.74) is 3.69. The minimum atomic E-state index is -0.132. The van der Waals surface area contributed by atoms with Gasteiger partial charge in [0.2, 0.25) is 5.91 Å². The third-order valence-electron chi connectivity index (χ3n) is 6.08. The van der Waals surface area contributed by atoms with E-state index in [1.54, 1.807) is 10.6 Å². The molecule has 0 bridgehead atoms. The average Bonchev–Trinajstić information content (AvgIpc) is 3.17. The maximum atomic E-state index is 13.1. The van der Waals surface area contributed by atoms with Crippen LogP contribution in [0.4, 0.5) is 5.69 Å². The summed E-state index contributed by atoms with van der Waals surface area (Å²) in [6.07, 6.45) is 0. The largest absolute Gasteiger partial charge is 0.341 e. The van der Waals surface area contributed by atoms with Crippen molar-refractivity contribution in [2.45, 2.75) is 39.0 Å². The maximum absolute atomic E-state index is 13.1.